The maximum atomic E-state index is 13.3. The van der Waals surface area contributed by atoms with Crippen LogP contribution in [-0.2, 0) is 16.0 Å². The van der Waals surface area contributed by atoms with E-state index in [9.17, 15) is 14.0 Å². The molecular formula is C26H27FN2O5. The van der Waals surface area contributed by atoms with Gasteiger partial charge in [-0.3, -0.25) is 0 Å². The summed E-state index contributed by atoms with van der Waals surface area (Å²) < 4.78 is 18.7. The highest BCUT2D eigenvalue weighted by molar-refractivity contribution is 5.89. The molecule has 1 unspecified atom stereocenters. The summed E-state index contributed by atoms with van der Waals surface area (Å²) in [6.07, 6.45) is 5.79. The zero-order valence-corrected chi connectivity index (χ0v) is 18.7. The Labute approximate surface area is 196 Å². The van der Waals surface area contributed by atoms with Gasteiger partial charge in [-0.2, -0.15) is 0 Å². The lowest BCUT2D eigenvalue weighted by Crippen LogP contribution is -2.35. The third-order valence-electron chi connectivity index (χ3n) is 6.54. The van der Waals surface area contributed by atoms with E-state index in [0.29, 0.717) is 29.6 Å². The molecular weight excluding hydrogens is 439 g/mol. The van der Waals surface area contributed by atoms with Crippen molar-refractivity contribution >= 4 is 22.9 Å². The molecule has 1 aromatic heterocycles. The van der Waals surface area contributed by atoms with Crippen LogP contribution in [0.4, 0.5) is 4.39 Å². The Bertz CT molecular complexity index is 1180. The zero-order chi connectivity index (χ0) is 24.1. The molecule has 34 heavy (non-hydrogen) atoms. The number of likely N-dealkylation sites (tertiary alicyclic amines) is 1. The number of hydrogen-bond donors (Lipinski definition) is 2. The van der Waals surface area contributed by atoms with Gasteiger partial charge in [0, 0.05) is 36.1 Å². The van der Waals surface area contributed by atoms with Crippen LogP contribution in [0.2, 0.25) is 0 Å². The molecule has 8 heteroatoms. The quantitative estimate of drug-likeness (QED) is 0.530. The molecule has 1 atom stereocenters. The molecule has 2 heterocycles. The van der Waals surface area contributed by atoms with Crippen molar-refractivity contribution in [2.75, 3.05) is 19.6 Å². The summed E-state index contributed by atoms with van der Waals surface area (Å²) in [5, 5.41) is 20.8. The van der Waals surface area contributed by atoms with Crippen LogP contribution in [0.25, 0.3) is 11.0 Å². The van der Waals surface area contributed by atoms with Crippen LogP contribution in [0.1, 0.15) is 47.9 Å². The monoisotopic (exact) mass is 466 g/mol. The molecule has 1 saturated heterocycles. The summed E-state index contributed by atoms with van der Waals surface area (Å²) in [6, 6.07) is 13.6. The molecule has 0 saturated carbocycles. The lowest BCUT2D eigenvalue weighted by atomic mass is 9.90. The molecule has 0 amide bonds. The Balaban J connectivity index is 0.000000297. The second kappa shape index (κ2) is 10.6. The number of carbonyl (C=O) groups is 2. The van der Waals surface area contributed by atoms with Crippen molar-refractivity contribution in [3.63, 3.8) is 0 Å². The third kappa shape index (κ3) is 5.69. The summed E-state index contributed by atoms with van der Waals surface area (Å²) in [4.78, 5) is 21.7. The van der Waals surface area contributed by atoms with Crippen LogP contribution in [-0.4, -0.2) is 51.8 Å². The van der Waals surface area contributed by atoms with Crippen LogP contribution in [0, 0.1) is 5.82 Å². The van der Waals surface area contributed by atoms with Gasteiger partial charge in [-0.05, 0) is 68.0 Å². The van der Waals surface area contributed by atoms with Crippen molar-refractivity contribution in [2.45, 2.75) is 37.5 Å². The van der Waals surface area contributed by atoms with Crippen molar-refractivity contribution in [3.8, 4) is 0 Å². The predicted molar refractivity (Wildman–Crippen MR) is 124 cm³/mol. The maximum Gasteiger partial charge on any atom is 0.328 e. The number of nitrogens with zero attached hydrogens (tertiary/aromatic N) is 2. The fourth-order valence-electron chi connectivity index (χ4n) is 4.90. The molecule has 178 valence electrons. The number of benzene rings is 2. The van der Waals surface area contributed by atoms with Gasteiger partial charge in [-0.25, -0.2) is 14.0 Å². The Morgan fingerprint density at radius 2 is 1.76 bits per heavy atom. The number of piperidine rings is 1. The minimum absolute atomic E-state index is 0.271. The molecule has 3 aromatic rings. The predicted octanol–water partition coefficient (Wildman–Crippen LogP) is 4.59. The van der Waals surface area contributed by atoms with Gasteiger partial charge < -0.3 is 19.6 Å². The molecule has 2 aliphatic rings. The highest BCUT2D eigenvalue weighted by Crippen LogP contribution is 2.36. The van der Waals surface area contributed by atoms with E-state index in [1.165, 1.54) is 30.5 Å². The van der Waals surface area contributed by atoms with Crippen LogP contribution >= 0.6 is 0 Å². The number of carboxylic acids is 2. The molecule has 2 N–H and O–H groups in total. The highest BCUT2D eigenvalue weighted by atomic mass is 19.1. The van der Waals surface area contributed by atoms with Gasteiger partial charge in [-0.1, -0.05) is 29.4 Å². The number of rotatable bonds is 5. The first-order chi connectivity index (χ1) is 16.4. The summed E-state index contributed by atoms with van der Waals surface area (Å²) in [6.45, 7) is 3.35. The van der Waals surface area contributed by atoms with E-state index in [-0.39, 0.29) is 5.82 Å². The first-order valence-corrected chi connectivity index (χ1v) is 11.4. The van der Waals surface area contributed by atoms with Gasteiger partial charge in [0.05, 0.1) is 5.69 Å². The van der Waals surface area contributed by atoms with E-state index in [1.54, 1.807) is 11.6 Å². The smallest absolute Gasteiger partial charge is 0.328 e. The molecule has 1 aliphatic heterocycles. The van der Waals surface area contributed by atoms with Crippen LogP contribution < -0.4 is 0 Å². The van der Waals surface area contributed by atoms with Gasteiger partial charge in [-0.15, -0.1) is 0 Å². The Morgan fingerprint density at radius 1 is 1.06 bits per heavy atom. The number of aryl methyl sites for hydroxylation is 1. The molecule has 5 rings (SSSR count). The largest absolute Gasteiger partial charge is 0.478 e. The average Bonchev–Trinajstić information content (AvgIpc) is 3.43. The normalized spacial score (nSPS) is 18.6. The summed E-state index contributed by atoms with van der Waals surface area (Å²) in [7, 11) is 0. The maximum absolute atomic E-state index is 13.3. The second-order valence-electron chi connectivity index (χ2n) is 8.73. The van der Waals surface area contributed by atoms with Gasteiger partial charge in [0.1, 0.15) is 5.82 Å². The average molecular weight is 467 g/mol. The molecule has 1 aliphatic carbocycles. The number of fused-ring (bicyclic) bond motifs is 2. The fourth-order valence-corrected chi connectivity index (χ4v) is 4.90. The Kier molecular flexibility index (Phi) is 7.37. The standard InChI is InChI=1S/C22H23FN2O.C4H4O4/c23-18-7-8-20-21(13-18)26-24-22(20)16-9-11-25(12-10-16)14-17-6-5-15-3-1-2-4-19(15)17;5-3(6)1-2-4(7)8/h1-4,7-8,13,16-17H,5-6,9-12,14H2;1-2H,(H,5,6)(H,7,8). The van der Waals surface area contributed by atoms with E-state index < -0.39 is 11.9 Å². The summed E-state index contributed by atoms with van der Waals surface area (Å²) in [5.41, 5.74) is 4.66. The fraction of sp³-hybridized carbons (Fsp3) is 0.346. The SMILES string of the molecule is Fc1ccc2c(C3CCN(CC4CCc5ccccc54)CC3)noc2c1.O=C(O)C=CC(=O)O. The Morgan fingerprint density at radius 3 is 2.47 bits per heavy atom. The van der Waals surface area contributed by atoms with Gasteiger partial charge in [0.15, 0.2) is 5.58 Å². The van der Waals surface area contributed by atoms with Crippen LogP contribution in [0.15, 0.2) is 59.1 Å². The topological polar surface area (TPSA) is 104 Å². The van der Waals surface area contributed by atoms with E-state index in [2.05, 4.69) is 34.3 Å². The molecule has 7 nitrogen and oxygen atoms in total. The van der Waals surface area contributed by atoms with Gasteiger partial charge in [0.2, 0.25) is 0 Å². The molecule has 2 aromatic carbocycles. The minimum atomic E-state index is -1.26. The van der Waals surface area contributed by atoms with Crippen molar-refractivity contribution in [1.29, 1.82) is 0 Å². The minimum Gasteiger partial charge on any atom is -0.478 e. The molecule has 0 radical (unpaired) electrons. The van der Waals surface area contributed by atoms with Crippen LogP contribution in [0.3, 0.4) is 0 Å². The van der Waals surface area contributed by atoms with Crippen molar-refractivity contribution in [2.24, 2.45) is 0 Å². The highest BCUT2D eigenvalue weighted by Gasteiger charge is 2.28. The number of aromatic nitrogens is 1. The van der Waals surface area contributed by atoms with E-state index >= 15 is 0 Å². The molecule has 0 spiro atoms. The summed E-state index contributed by atoms with van der Waals surface area (Å²) in [5.74, 6) is -1.70. The second-order valence-corrected chi connectivity index (χ2v) is 8.73. The van der Waals surface area contributed by atoms with Gasteiger partial charge >= 0.3 is 11.9 Å². The number of halogens is 1. The molecule has 1 fully saturated rings. The summed E-state index contributed by atoms with van der Waals surface area (Å²) >= 11 is 0. The van der Waals surface area contributed by atoms with Crippen molar-refractivity contribution in [1.82, 2.24) is 10.1 Å². The van der Waals surface area contributed by atoms with E-state index in [1.807, 2.05) is 0 Å². The van der Waals surface area contributed by atoms with E-state index in [0.717, 1.165) is 43.6 Å². The lowest BCUT2D eigenvalue weighted by molar-refractivity contribution is -0.134. The van der Waals surface area contributed by atoms with Gasteiger partial charge in [0.25, 0.3) is 0 Å². The van der Waals surface area contributed by atoms with E-state index in [4.69, 9.17) is 14.7 Å². The zero-order valence-electron chi connectivity index (χ0n) is 18.7. The first kappa shape index (κ1) is 23.6. The molecule has 0 bridgehead atoms. The first-order valence-electron chi connectivity index (χ1n) is 11.4. The number of aliphatic carboxylic acids is 2. The van der Waals surface area contributed by atoms with Crippen molar-refractivity contribution < 1.29 is 28.7 Å². The number of carboxylic acid groups (broad SMARTS) is 2. The Hall–Kier alpha value is -3.52. The lowest BCUT2D eigenvalue weighted by Gasteiger charge is -2.33. The third-order valence-corrected chi connectivity index (χ3v) is 6.54. The van der Waals surface area contributed by atoms with Crippen LogP contribution in [0.5, 0.6) is 0 Å². The number of hydrogen-bond acceptors (Lipinski definition) is 5. The van der Waals surface area contributed by atoms with Crippen molar-refractivity contribution in [3.05, 3.63) is 77.3 Å².